The Morgan fingerprint density at radius 2 is 1.60 bits per heavy atom. The fourth-order valence-electron chi connectivity index (χ4n) is 3.89. The lowest BCUT2D eigenvalue weighted by molar-refractivity contribution is -0.155. The molecule has 1 aromatic rings. The largest absolute Gasteiger partial charge is 0.480 e. The van der Waals surface area contributed by atoms with Crippen LogP contribution in [0.15, 0.2) is 30.3 Å². The van der Waals surface area contributed by atoms with Gasteiger partial charge in [0.25, 0.3) is 0 Å². The summed E-state index contributed by atoms with van der Waals surface area (Å²) in [5.74, 6) is -2.03. The monoisotopic (exact) mass is 484 g/mol. The van der Waals surface area contributed by atoms with Gasteiger partial charge >= 0.3 is 17.9 Å². The number of methoxy groups -OCH3 is 1. The van der Waals surface area contributed by atoms with Crippen LogP contribution in [0.4, 0.5) is 0 Å². The minimum Gasteiger partial charge on any atom is -0.480 e. The lowest BCUT2D eigenvalue weighted by atomic mass is 9.69. The van der Waals surface area contributed by atoms with Gasteiger partial charge in [0.15, 0.2) is 0 Å². The maximum Gasteiger partial charge on any atom is 0.320 e. The highest BCUT2D eigenvalue weighted by Crippen LogP contribution is 2.45. The van der Waals surface area contributed by atoms with Crippen molar-refractivity contribution in [2.45, 2.75) is 64.1 Å². The van der Waals surface area contributed by atoms with Crippen LogP contribution in [0, 0.1) is 10.8 Å². The van der Waals surface area contributed by atoms with E-state index in [0.29, 0.717) is 19.4 Å². The first-order chi connectivity index (χ1) is 13.8. The lowest BCUT2D eigenvalue weighted by Gasteiger charge is -2.37. The Labute approximate surface area is 187 Å². The molecule has 1 N–H and O–H groups in total. The number of benzene rings is 1. The standard InChI is InChI=1S/C23H33BrO6/c1-7-30-19(27)21(2,3)13-17(16-11-9-8-10-12-16)14-22(4,20(28)29-6)15-23(5,24)18(25)26/h8-12,17H,7,13-15H2,1-6H3,(H,25,26). The molecule has 0 saturated heterocycles. The van der Waals surface area contributed by atoms with Gasteiger partial charge in [0.2, 0.25) is 0 Å². The summed E-state index contributed by atoms with van der Waals surface area (Å²) in [6.07, 6.45) is 0.792. The minimum absolute atomic E-state index is 0.0329. The van der Waals surface area contributed by atoms with Gasteiger partial charge in [-0.05, 0) is 65.4 Å². The quantitative estimate of drug-likeness (QED) is 0.353. The molecule has 3 atom stereocenters. The number of hydrogen-bond donors (Lipinski definition) is 1. The van der Waals surface area contributed by atoms with Crippen molar-refractivity contribution in [1.29, 1.82) is 0 Å². The molecule has 0 radical (unpaired) electrons. The van der Waals surface area contributed by atoms with Crippen molar-refractivity contribution in [3.05, 3.63) is 35.9 Å². The minimum atomic E-state index is -1.30. The van der Waals surface area contributed by atoms with Gasteiger partial charge in [0.1, 0.15) is 4.32 Å². The highest BCUT2D eigenvalue weighted by molar-refractivity contribution is 9.10. The van der Waals surface area contributed by atoms with Gasteiger partial charge in [-0.1, -0.05) is 46.3 Å². The van der Waals surface area contributed by atoms with Crippen LogP contribution in [-0.2, 0) is 23.9 Å². The second-order valence-corrected chi connectivity index (χ2v) is 10.6. The molecule has 0 aliphatic heterocycles. The maximum absolute atomic E-state index is 12.8. The first-order valence-electron chi connectivity index (χ1n) is 10.0. The summed E-state index contributed by atoms with van der Waals surface area (Å²) in [7, 11) is 1.30. The molecule has 0 saturated carbocycles. The molecule has 7 heteroatoms. The van der Waals surface area contributed by atoms with Gasteiger partial charge in [-0.2, -0.15) is 0 Å². The van der Waals surface area contributed by atoms with Crippen molar-refractivity contribution in [3.63, 3.8) is 0 Å². The summed E-state index contributed by atoms with van der Waals surface area (Å²) >= 11 is 3.25. The van der Waals surface area contributed by atoms with Crippen LogP contribution in [-0.4, -0.2) is 41.1 Å². The topological polar surface area (TPSA) is 89.9 Å². The number of rotatable bonds is 11. The Morgan fingerprint density at radius 3 is 2.07 bits per heavy atom. The first-order valence-corrected chi connectivity index (χ1v) is 10.8. The fraction of sp³-hybridized carbons (Fsp3) is 0.609. The molecule has 168 valence electrons. The Hall–Kier alpha value is -1.89. The van der Waals surface area contributed by atoms with E-state index < -0.39 is 27.1 Å². The predicted octanol–water partition coefficient (Wildman–Crippen LogP) is 4.95. The number of carbonyl (C=O) groups is 3. The van der Waals surface area contributed by atoms with E-state index in [1.165, 1.54) is 14.0 Å². The van der Waals surface area contributed by atoms with E-state index in [1.807, 2.05) is 44.2 Å². The number of carboxylic acid groups (broad SMARTS) is 1. The van der Waals surface area contributed by atoms with Gasteiger partial charge in [-0.3, -0.25) is 14.4 Å². The van der Waals surface area contributed by atoms with E-state index in [0.717, 1.165) is 5.56 Å². The summed E-state index contributed by atoms with van der Waals surface area (Å²) in [6.45, 7) is 8.94. The van der Waals surface area contributed by atoms with Gasteiger partial charge in [-0.25, -0.2) is 0 Å². The molecule has 0 spiro atoms. The zero-order valence-electron chi connectivity index (χ0n) is 18.7. The molecule has 3 unspecified atom stereocenters. The molecule has 0 amide bonds. The SMILES string of the molecule is CCOC(=O)C(C)(C)CC(CC(C)(CC(C)(Br)C(=O)O)C(=O)OC)c1ccccc1. The summed E-state index contributed by atoms with van der Waals surface area (Å²) in [5, 5.41) is 9.57. The molecule has 0 aromatic heterocycles. The van der Waals surface area contributed by atoms with E-state index >= 15 is 0 Å². The number of halogens is 1. The molecule has 6 nitrogen and oxygen atoms in total. The van der Waals surface area contributed by atoms with E-state index in [-0.39, 0.29) is 18.3 Å². The number of esters is 2. The average Bonchev–Trinajstić information content (AvgIpc) is 2.66. The van der Waals surface area contributed by atoms with Gasteiger partial charge in [-0.15, -0.1) is 0 Å². The highest BCUT2D eigenvalue weighted by Gasteiger charge is 2.46. The summed E-state index contributed by atoms with van der Waals surface area (Å²) in [5.41, 5.74) is -0.897. The smallest absolute Gasteiger partial charge is 0.320 e. The first kappa shape index (κ1) is 26.1. The van der Waals surface area contributed by atoms with Crippen LogP contribution in [0.25, 0.3) is 0 Å². The number of alkyl halides is 1. The second-order valence-electron chi connectivity index (χ2n) is 8.85. The van der Waals surface area contributed by atoms with Gasteiger partial charge in [0, 0.05) is 0 Å². The number of carboxylic acids is 1. The summed E-state index contributed by atoms with van der Waals surface area (Å²) in [6, 6.07) is 9.61. The Bertz CT molecular complexity index is 743. The van der Waals surface area contributed by atoms with Gasteiger partial charge < -0.3 is 14.6 Å². The maximum atomic E-state index is 12.8. The molecule has 0 aliphatic carbocycles. The third-order valence-electron chi connectivity index (χ3n) is 5.40. The zero-order chi connectivity index (χ0) is 23.2. The molecule has 1 rings (SSSR count). The number of hydrogen-bond acceptors (Lipinski definition) is 5. The zero-order valence-corrected chi connectivity index (χ0v) is 20.2. The van der Waals surface area contributed by atoms with Crippen molar-refractivity contribution in [2.24, 2.45) is 10.8 Å². The molecule has 0 fully saturated rings. The molecule has 1 aromatic carbocycles. The van der Waals surface area contributed by atoms with E-state index in [1.54, 1.807) is 13.8 Å². The number of ether oxygens (including phenoxy) is 2. The fourth-order valence-corrected chi connectivity index (χ4v) is 4.50. The predicted molar refractivity (Wildman–Crippen MR) is 119 cm³/mol. The molecule has 0 aliphatic rings. The molecular formula is C23H33BrO6. The van der Waals surface area contributed by atoms with Crippen molar-refractivity contribution in [3.8, 4) is 0 Å². The Kier molecular flexibility index (Phi) is 9.08. The van der Waals surface area contributed by atoms with E-state index in [2.05, 4.69) is 15.9 Å². The Balaban J connectivity index is 3.35. The molecular weight excluding hydrogens is 452 g/mol. The molecule has 0 heterocycles. The van der Waals surface area contributed by atoms with E-state index in [9.17, 15) is 19.5 Å². The van der Waals surface area contributed by atoms with Crippen LogP contribution in [0.5, 0.6) is 0 Å². The normalized spacial score (nSPS) is 16.6. The third kappa shape index (κ3) is 6.83. The number of carbonyl (C=O) groups excluding carboxylic acids is 2. The molecule has 0 bridgehead atoms. The summed E-state index contributed by atoms with van der Waals surface area (Å²) < 4.78 is 8.99. The average molecular weight is 485 g/mol. The highest BCUT2D eigenvalue weighted by atomic mass is 79.9. The van der Waals surface area contributed by atoms with Crippen LogP contribution in [0.2, 0.25) is 0 Å². The third-order valence-corrected chi connectivity index (χ3v) is 6.02. The van der Waals surface area contributed by atoms with Gasteiger partial charge in [0.05, 0.1) is 24.5 Å². The van der Waals surface area contributed by atoms with Crippen LogP contribution in [0.1, 0.15) is 65.4 Å². The Morgan fingerprint density at radius 1 is 1.03 bits per heavy atom. The summed E-state index contributed by atoms with van der Waals surface area (Å²) in [4.78, 5) is 37.0. The van der Waals surface area contributed by atoms with Crippen molar-refractivity contribution >= 4 is 33.8 Å². The lowest BCUT2D eigenvalue weighted by Crippen LogP contribution is -2.41. The van der Waals surface area contributed by atoms with Crippen LogP contribution in [0.3, 0.4) is 0 Å². The van der Waals surface area contributed by atoms with Crippen LogP contribution < -0.4 is 0 Å². The second kappa shape index (κ2) is 10.4. The number of aliphatic carboxylic acids is 1. The van der Waals surface area contributed by atoms with Crippen molar-refractivity contribution in [2.75, 3.05) is 13.7 Å². The molecule has 30 heavy (non-hydrogen) atoms. The van der Waals surface area contributed by atoms with Crippen LogP contribution >= 0.6 is 15.9 Å². The van der Waals surface area contributed by atoms with Crippen molar-refractivity contribution in [1.82, 2.24) is 0 Å². The van der Waals surface area contributed by atoms with Crippen molar-refractivity contribution < 1.29 is 29.0 Å². The van der Waals surface area contributed by atoms with E-state index in [4.69, 9.17) is 9.47 Å².